The number of fused-ring (bicyclic) bond motifs is 5. The van der Waals surface area contributed by atoms with E-state index in [4.69, 9.17) is 14.2 Å². The third kappa shape index (κ3) is 8.39. The molecule has 3 saturated carbocycles. The number of allylic oxidation sites excluding steroid dienone is 3. The molecular weight excluding hydrogens is 557 g/mol. The number of hydrogen-bond acceptors (Lipinski definition) is 4. The van der Waals surface area contributed by atoms with E-state index < -0.39 is 7.60 Å². The molecule has 0 bridgehead atoms. The predicted molar refractivity (Wildman–Crippen MR) is 176 cm³/mol. The van der Waals surface area contributed by atoms with Gasteiger partial charge in [-0.3, -0.25) is 4.57 Å². The Bertz CT molecular complexity index is 1050. The number of nitrogens with one attached hydrogen (secondary N) is 1. The molecule has 4 rings (SSSR count). The Labute approximate surface area is 262 Å². The quantitative estimate of drug-likeness (QED) is 0.122. The summed E-state index contributed by atoms with van der Waals surface area (Å²) in [6.07, 6.45) is 20.4. The molecule has 4 aliphatic carbocycles. The monoisotopic (exact) mass is 619 g/mol. The summed E-state index contributed by atoms with van der Waals surface area (Å²) in [4.78, 5) is 21.7. The van der Waals surface area contributed by atoms with Crippen molar-refractivity contribution in [1.82, 2.24) is 5.32 Å². The maximum Gasteiger partial charge on any atom is 0.407 e. The van der Waals surface area contributed by atoms with Crippen molar-refractivity contribution < 1.29 is 23.5 Å². The van der Waals surface area contributed by atoms with Gasteiger partial charge in [-0.15, -0.1) is 0 Å². The topological polar surface area (TPSA) is 84.9 Å². The summed E-state index contributed by atoms with van der Waals surface area (Å²) in [6, 6.07) is 0. The summed E-state index contributed by atoms with van der Waals surface area (Å²) in [7, 11) is -3.38. The van der Waals surface area contributed by atoms with Crippen LogP contribution in [0.5, 0.6) is 0 Å². The zero-order chi connectivity index (χ0) is 31.4. The molecule has 6 nitrogen and oxygen atoms in total. The summed E-state index contributed by atoms with van der Waals surface area (Å²) in [6.45, 7) is 16.8. The molecule has 2 N–H and O–H groups in total. The Hall–Kier alpha value is -1.10. The molecule has 3 fully saturated rings. The highest BCUT2D eigenvalue weighted by Gasteiger charge is 2.59. The molecule has 0 aromatic carbocycles. The van der Waals surface area contributed by atoms with Crippen molar-refractivity contribution >= 4 is 13.7 Å². The number of alkyl carbamates (subject to hydrolysis) is 1. The van der Waals surface area contributed by atoms with E-state index in [1.165, 1.54) is 38.8 Å². The van der Waals surface area contributed by atoms with Crippen LogP contribution in [-0.4, -0.2) is 36.9 Å². The van der Waals surface area contributed by atoms with Gasteiger partial charge in [0, 0.05) is 19.6 Å². The van der Waals surface area contributed by atoms with E-state index in [0.29, 0.717) is 36.3 Å². The number of unbranched alkanes of at least 4 members (excludes halogenated alkanes) is 3. The molecule has 10 atom stereocenters. The van der Waals surface area contributed by atoms with Crippen LogP contribution >= 0.6 is 7.60 Å². The van der Waals surface area contributed by atoms with E-state index in [1.807, 2.05) is 0 Å². The summed E-state index contributed by atoms with van der Waals surface area (Å²) < 4.78 is 22.0. The first-order valence-corrected chi connectivity index (χ1v) is 19.5. The molecule has 0 aromatic heterocycles. The van der Waals surface area contributed by atoms with Crippen molar-refractivity contribution in [2.24, 2.45) is 52.3 Å². The van der Waals surface area contributed by atoms with Crippen LogP contribution in [0.25, 0.3) is 0 Å². The average Bonchev–Trinajstić information content (AvgIpc) is 3.29. The van der Waals surface area contributed by atoms with Gasteiger partial charge in [0.15, 0.2) is 0 Å². The Balaban J connectivity index is 1.25. The number of amides is 1. The highest BCUT2D eigenvalue weighted by atomic mass is 31.2. The summed E-state index contributed by atoms with van der Waals surface area (Å²) in [5.74, 6) is 5.19. The average molecular weight is 620 g/mol. The normalized spacial score (nSPS) is 36.7. The van der Waals surface area contributed by atoms with Crippen LogP contribution < -0.4 is 5.32 Å². The zero-order valence-electron chi connectivity index (χ0n) is 28.3. The van der Waals surface area contributed by atoms with Crippen molar-refractivity contribution in [2.75, 3.05) is 19.8 Å². The SMILES string of the molecule is CC(C)[C@@H](C)/C=C/[C@@H](C)[C@H]1CC[C@H]2[C@@H]3CC=C4C[C@@H](OC(=O)NCCCCCCOP(C)(=O)O)CC[C@]4(C)[C@H]3CC[C@]12C. The first-order valence-electron chi connectivity index (χ1n) is 17.5. The summed E-state index contributed by atoms with van der Waals surface area (Å²) in [5, 5.41) is 2.93. The number of rotatable bonds is 13. The second-order valence-corrected chi connectivity index (χ2v) is 17.4. The number of carbonyl (C=O) groups excluding carboxylic acids is 1. The van der Waals surface area contributed by atoms with E-state index in [-0.39, 0.29) is 17.6 Å². The van der Waals surface area contributed by atoms with Crippen LogP contribution in [-0.2, 0) is 13.8 Å². The van der Waals surface area contributed by atoms with Gasteiger partial charge in [0.1, 0.15) is 6.10 Å². The molecule has 0 radical (unpaired) electrons. The molecule has 0 aromatic rings. The molecule has 0 aliphatic heterocycles. The molecule has 43 heavy (non-hydrogen) atoms. The Morgan fingerprint density at radius 3 is 2.51 bits per heavy atom. The Morgan fingerprint density at radius 1 is 1.05 bits per heavy atom. The van der Waals surface area contributed by atoms with Gasteiger partial charge in [-0.2, -0.15) is 0 Å². The summed E-state index contributed by atoms with van der Waals surface area (Å²) in [5.41, 5.74) is 2.26. The van der Waals surface area contributed by atoms with E-state index in [1.54, 1.807) is 5.57 Å². The second kappa shape index (κ2) is 14.5. The molecule has 0 spiro atoms. The Morgan fingerprint density at radius 2 is 1.79 bits per heavy atom. The minimum Gasteiger partial charge on any atom is -0.446 e. The van der Waals surface area contributed by atoms with Crippen molar-refractivity contribution in [1.29, 1.82) is 0 Å². The van der Waals surface area contributed by atoms with Crippen LogP contribution in [0.4, 0.5) is 4.79 Å². The first-order chi connectivity index (χ1) is 20.2. The van der Waals surface area contributed by atoms with Crippen LogP contribution in [0.2, 0.25) is 0 Å². The fourth-order valence-electron chi connectivity index (χ4n) is 9.54. The van der Waals surface area contributed by atoms with Crippen LogP contribution in [0.15, 0.2) is 23.8 Å². The highest BCUT2D eigenvalue weighted by Crippen LogP contribution is 2.67. The lowest BCUT2D eigenvalue weighted by Gasteiger charge is -2.58. The first kappa shape index (κ1) is 34.8. The zero-order valence-corrected chi connectivity index (χ0v) is 29.2. The second-order valence-electron chi connectivity index (χ2n) is 15.6. The van der Waals surface area contributed by atoms with Crippen LogP contribution in [0.3, 0.4) is 0 Å². The third-order valence-electron chi connectivity index (χ3n) is 12.5. The van der Waals surface area contributed by atoms with E-state index in [2.05, 4.69) is 65.1 Å². The van der Waals surface area contributed by atoms with E-state index in [9.17, 15) is 9.36 Å². The lowest BCUT2D eigenvalue weighted by Crippen LogP contribution is -2.51. The fraction of sp³-hybridized carbons (Fsp3) is 0.861. The molecular formula is C36H62NO5P. The van der Waals surface area contributed by atoms with Gasteiger partial charge in [-0.05, 0) is 110 Å². The molecule has 4 aliphatic rings. The van der Waals surface area contributed by atoms with Gasteiger partial charge >= 0.3 is 13.7 Å². The van der Waals surface area contributed by atoms with Gasteiger partial charge in [-0.1, -0.05) is 78.2 Å². The Kier molecular flexibility index (Phi) is 11.8. The molecule has 1 amide bonds. The fourth-order valence-corrected chi connectivity index (χ4v) is 10.0. The number of hydrogen-bond donors (Lipinski definition) is 2. The van der Waals surface area contributed by atoms with Crippen molar-refractivity contribution in [3.05, 3.63) is 23.8 Å². The van der Waals surface area contributed by atoms with Gasteiger partial charge in [-0.25, -0.2) is 4.79 Å². The summed E-state index contributed by atoms with van der Waals surface area (Å²) >= 11 is 0. The van der Waals surface area contributed by atoms with Crippen molar-refractivity contribution in [3.8, 4) is 0 Å². The molecule has 0 saturated heterocycles. The van der Waals surface area contributed by atoms with Crippen LogP contribution in [0.1, 0.15) is 119 Å². The van der Waals surface area contributed by atoms with Gasteiger partial charge in [0.25, 0.3) is 0 Å². The standard InChI is InChI=1S/C36H62NO5P/c1-25(2)26(3)12-13-27(4)31-16-17-32-30-15-14-28-24-29(18-20-35(28,5)33(30)19-21-36(31,32)6)42-34(38)37-22-10-8-9-11-23-41-43(7,39)40/h12-14,25-27,29-33H,8-11,15-24H2,1-7H3,(H,37,38)(H,39,40)/b13-12+/t26-,27+,29-,30-,31+,32-,33-,35-,36+/m0/s1. The molecule has 0 heterocycles. The van der Waals surface area contributed by atoms with Crippen molar-refractivity contribution in [3.63, 3.8) is 0 Å². The van der Waals surface area contributed by atoms with Gasteiger partial charge < -0.3 is 19.5 Å². The lowest BCUT2D eigenvalue weighted by atomic mass is 9.47. The number of carbonyl (C=O) groups is 1. The minimum absolute atomic E-state index is 0.0261. The van der Waals surface area contributed by atoms with E-state index >= 15 is 0 Å². The molecule has 1 unspecified atom stereocenters. The smallest absolute Gasteiger partial charge is 0.407 e. The van der Waals surface area contributed by atoms with Gasteiger partial charge in [0.2, 0.25) is 0 Å². The van der Waals surface area contributed by atoms with Crippen LogP contribution in [0, 0.1) is 52.3 Å². The van der Waals surface area contributed by atoms with E-state index in [0.717, 1.165) is 68.6 Å². The van der Waals surface area contributed by atoms with Crippen molar-refractivity contribution in [2.45, 2.75) is 125 Å². The maximum absolute atomic E-state index is 12.6. The number of ether oxygens (including phenoxy) is 1. The largest absolute Gasteiger partial charge is 0.446 e. The third-order valence-corrected chi connectivity index (χ3v) is 13.1. The predicted octanol–water partition coefficient (Wildman–Crippen LogP) is 9.54. The lowest BCUT2D eigenvalue weighted by molar-refractivity contribution is -0.0550. The highest BCUT2D eigenvalue weighted by molar-refractivity contribution is 7.51. The minimum atomic E-state index is -3.38. The maximum atomic E-state index is 12.6. The van der Waals surface area contributed by atoms with Gasteiger partial charge in [0.05, 0.1) is 6.61 Å². The molecule has 246 valence electrons. The molecule has 7 heteroatoms.